The molecule has 0 radical (unpaired) electrons. The van der Waals surface area contributed by atoms with Gasteiger partial charge in [-0.05, 0) is 49.7 Å². The van der Waals surface area contributed by atoms with Gasteiger partial charge < -0.3 is 10.6 Å². The molecule has 0 atom stereocenters. The molecule has 1 saturated heterocycles. The molecule has 2 rings (SSSR count). The lowest BCUT2D eigenvalue weighted by molar-refractivity contribution is 0.386. The second-order valence-corrected chi connectivity index (χ2v) is 4.98. The van der Waals surface area contributed by atoms with Crippen LogP contribution in [0.3, 0.4) is 0 Å². The van der Waals surface area contributed by atoms with Gasteiger partial charge in [0, 0.05) is 22.6 Å². The van der Waals surface area contributed by atoms with Crippen molar-refractivity contribution < 1.29 is 0 Å². The minimum atomic E-state index is 0. The fourth-order valence-electron chi connectivity index (χ4n) is 1.96. The highest BCUT2D eigenvalue weighted by atomic mass is 35.5. The third-order valence-corrected chi connectivity index (χ3v) is 3.53. The maximum absolute atomic E-state index is 6.10. The van der Waals surface area contributed by atoms with Gasteiger partial charge in [0.2, 0.25) is 0 Å². The van der Waals surface area contributed by atoms with E-state index in [1.54, 1.807) is 0 Å². The van der Waals surface area contributed by atoms with Gasteiger partial charge in [0.1, 0.15) is 0 Å². The molecule has 0 saturated carbocycles. The molecule has 0 amide bonds. The number of hydrogen-bond donors (Lipinski definition) is 2. The number of rotatable bonds is 3. The van der Waals surface area contributed by atoms with Crippen LogP contribution in [0.2, 0.25) is 10.0 Å². The van der Waals surface area contributed by atoms with E-state index in [0.29, 0.717) is 6.04 Å². The summed E-state index contributed by atoms with van der Waals surface area (Å²) in [7, 11) is 0. The van der Waals surface area contributed by atoms with Crippen LogP contribution in [0.5, 0.6) is 0 Å². The quantitative estimate of drug-likeness (QED) is 0.894. The molecular formula is C12H17Cl3N2. The monoisotopic (exact) mass is 294 g/mol. The summed E-state index contributed by atoms with van der Waals surface area (Å²) in [6.07, 6.45) is 2.36. The van der Waals surface area contributed by atoms with Crippen LogP contribution >= 0.6 is 35.6 Å². The van der Waals surface area contributed by atoms with E-state index < -0.39 is 0 Å². The predicted octanol–water partition coefficient (Wildman–Crippen LogP) is 3.26. The fourth-order valence-corrected chi connectivity index (χ4v) is 2.34. The summed E-state index contributed by atoms with van der Waals surface area (Å²) in [6, 6.07) is 6.19. The Morgan fingerprint density at radius 3 is 2.65 bits per heavy atom. The van der Waals surface area contributed by atoms with Gasteiger partial charge in [-0.1, -0.05) is 23.2 Å². The standard InChI is InChI=1S/C12H16Cl2N2.ClH/c13-10-1-2-12(14)9(7-10)8-16-11-3-5-15-6-4-11;/h1-2,7,11,15-16H,3-6,8H2;1H. The van der Waals surface area contributed by atoms with Crippen molar-refractivity contribution >= 4 is 35.6 Å². The SMILES string of the molecule is Cl.Clc1ccc(Cl)c(CNC2CCNCC2)c1. The number of benzene rings is 1. The maximum atomic E-state index is 6.10. The Hall–Kier alpha value is 0.01000. The number of halogens is 3. The van der Waals surface area contributed by atoms with Crippen molar-refractivity contribution in [3.63, 3.8) is 0 Å². The highest BCUT2D eigenvalue weighted by Gasteiger charge is 2.12. The van der Waals surface area contributed by atoms with Crippen LogP contribution in [0, 0.1) is 0 Å². The smallest absolute Gasteiger partial charge is 0.0451 e. The highest BCUT2D eigenvalue weighted by Crippen LogP contribution is 2.20. The normalized spacial score (nSPS) is 16.6. The Kier molecular flexibility index (Phi) is 6.60. The molecule has 1 aromatic carbocycles. The van der Waals surface area contributed by atoms with E-state index in [1.807, 2.05) is 18.2 Å². The van der Waals surface area contributed by atoms with E-state index in [1.165, 1.54) is 12.8 Å². The topological polar surface area (TPSA) is 24.1 Å². The second kappa shape index (κ2) is 7.45. The van der Waals surface area contributed by atoms with Crippen LogP contribution in [0.25, 0.3) is 0 Å². The first-order valence-electron chi connectivity index (χ1n) is 5.64. The molecule has 17 heavy (non-hydrogen) atoms. The average molecular weight is 296 g/mol. The summed E-state index contributed by atoms with van der Waals surface area (Å²) >= 11 is 12.0. The predicted molar refractivity (Wildman–Crippen MR) is 76.4 cm³/mol. The Bertz CT molecular complexity index is 352. The van der Waals surface area contributed by atoms with E-state index in [2.05, 4.69) is 10.6 Å². The molecule has 0 unspecified atom stereocenters. The van der Waals surface area contributed by atoms with E-state index in [-0.39, 0.29) is 12.4 Å². The lowest BCUT2D eigenvalue weighted by atomic mass is 10.1. The molecular weight excluding hydrogens is 279 g/mol. The van der Waals surface area contributed by atoms with Crippen molar-refractivity contribution in [2.24, 2.45) is 0 Å². The van der Waals surface area contributed by atoms with Gasteiger partial charge >= 0.3 is 0 Å². The van der Waals surface area contributed by atoms with E-state index >= 15 is 0 Å². The van der Waals surface area contributed by atoms with Gasteiger partial charge in [-0.3, -0.25) is 0 Å². The van der Waals surface area contributed by atoms with E-state index in [4.69, 9.17) is 23.2 Å². The Labute approximate surface area is 118 Å². The summed E-state index contributed by atoms with van der Waals surface area (Å²) in [5, 5.41) is 8.39. The molecule has 96 valence electrons. The average Bonchev–Trinajstić information content (AvgIpc) is 2.32. The fraction of sp³-hybridized carbons (Fsp3) is 0.500. The minimum Gasteiger partial charge on any atom is -0.317 e. The molecule has 0 aromatic heterocycles. The largest absolute Gasteiger partial charge is 0.317 e. The molecule has 2 nitrogen and oxygen atoms in total. The van der Waals surface area contributed by atoms with Crippen molar-refractivity contribution in [3.05, 3.63) is 33.8 Å². The zero-order chi connectivity index (χ0) is 11.4. The molecule has 1 heterocycles. The van der Waals surface area contributed by atoms with Crippen LogP contribution in [-0.4, -0.2) is 19.1 Å². The molecule has 5 heteroatoms. The Morgan fingerprint density at radius 1 is 1.24 bits per heavy atom. The van der Waals surface area contributed by atoms with Crippen molar-refractivity contribution in [2.75, 3.05) is 13.1 Å². The first-order chi connectivity index (χ1) is 7.75. The van der Waals surface area contributed by atoms with Gasteiger partial charge in [-0.25, -0.2) is 0 Å². The van der Waals surface area contributed by atoms with Crippen LogP contribution in [0.15, 0.2) is 18.2 Å². The van der Waals surface area contributed by atoms with Crippen LogP contribution in [0.4, 0.5) is 0 Å². The van der Waals surface area contributed by atoms with Gasteiger partial charge in [-0.15, -0.1) is 12.4 Å². The molecule has 1 fully saturated rings. The molecule has 2 N–H and O–H groups in total. The maximum Gasteiger partial charge on any atom is 0.0451 e. The Morgan fingerprint density at radius 2 is 1.94 bits per heavy atom. The summed E-state index contributed by atoms with van der Waals surface area (Å²) in [5.74, 6) is 0. The molecule has 0 spiro atoms. The third-order valence-electron chi connectivity index (χ3n) is 2.93. The third kappa shape index (κ3) is 4.65. The minimum absolute atomic E-state index is 0. The molecule has 0 bridgehead atoms. The summed E-state index contributed by atoms with van der Waals surface area (Å²) < 4.78 is 0. The summed E-state index contributed by atoms with van der Waals surface area (Å²) in [4.78, 5) is 0. The first kappa shape index (κ1) is 15.1. The van der Waals surface area contributed by atoms with Gasteiger partial charge in [-0.2, -0.15) is 0 Å². The molecule has 1 aliphatic heterocycles. The highest BCUT2D eigenvalue weighted by molar-refractivity contribution is 6.33. The Balaban J connectivity index is 0.00000144. The van der Waals surface area contributed by atoms with Crippen molar-refractivity contribution in [1.29, 1.82) is 0 Å². The van der Waals surface area contributed by atoms with E-state index in [9.17, 15) is 0 Å². The van der Waals surface area contributed by atoms with Crippen molar-refractivity contribution in [2.45, 2.75) is 25.4 Å². The molecule has 0 aliphatic carbocycles. The number of nitrogens with one attached hydrogen (secondary N) is 2. The van der Waals surface area contributed by atoms with Crippen LogP contribution in [-0.2, 0) is 6.54 Å². The second-order valence-electron chi connectivity index (χ2n) is 4.14. The van der Waals surface area contributed by atoms with Crippen LogP contribution < -0.4 is 10.6 Å². The zero-order valence-electron chi connectivity index (χ0n) is 9.51. The van der Waals surface area contributed by atoms with Crippen LogP contribution in [0.1, 0.15) is 18.4 Å². The summed E-state index contributed by atoms with van der Waals surface area (Å²) in [5.41, 5.74) is 1.08. The van der Waals surface area contributed by atoms with E-state index in [0.717, 1.165) is 35.2 Å². The first-order valence-corrected chi connectivity index (χ1v) is 6.39. The summed E-state index contributed by atoms with van der Waals surface area (Å²) in [6.45, 7) is 2.99. The lowest BCUT2D eigenvalue weighted by Gasteiger charge is -2.24. The number of piperidine rings is 1. The zero-order valence-corrected chi connectivity index (χ0v) is 11.8. The van der Waals surface area contributed by atoms with Gasteiger partial charge in [0.15, 0.2) is 0 Å². The molecule has 1 aromatic rings. The van der Waals surface area contributed by atoms with Crippen molar-refractivity contribution in [3.8, 4) is 0 Å². The van der Waals surface area contributed by atoms with Gasteiger partial charge in [0.05, 0.1) is 0 Å². The molecule has 1 aliphatic rings. The number of hydrogen-bond acceptors (Lipinski definition) is 2. The van der Waals surface area contributed by atoms with Gasteiger partial charge in [0.25, 0.3) is 0 Å². The van der Waals surface area contributed by atoms with Crippen molar-refractivity contribution in [1.82, 2.24) is 10.6 Å². The lowest BCUT2D eigenvalue weighted by Crippen LogP contribution is -2.39.